The van der Waals surface area contributed by atoms with Gasteiger partial charge in [-0.25, -0.2) is 0 Å². The van der Waals surface area contributed by atoms with Crippen molar-refractivity contribution in [2.24, 2.45) is 10.2 Å². The van der Waals surface area contributed by atoms with Gasteiger partial charge in [-0.1, -0.05) is 30.3 Å². The van der Waals surface area contributed by atoms with E-state index in [-0.39, 0.29) is 5.78 Å². The summed E-state index contributed by atoms with van der Waals surface area (Å²) in [4.78, 5) is 12.4. The molecule has 3 heteroatoms. The lowest BCUT2D eigenvalue weighted by molar-refractivity contribution is 0.103. The fraction of sp³-hybridized carbons (Fsp3) is 0.0714. The third-order valence-corrected chi connectivity index (χ3v) is 3.37. The first-order chi connectivity index (χ1) is 8.34. The predicted molar refractivity (Wildman–Crippen MR) is 63.3 cm³/mol. The summed E-state index contributed by atoms with van der Waals surface area (Å²) in [5, 5.41) is 7.88. The first-order valence-corrected chi connectivity index (χ1v) is 5.55. The highest BCUT2D eigenvalue weighted by Crippen LogP contribution is 2.45. The van der Waals surface area contributed by atoms with E-state index in [2.05, 4.69) is 10.2 Å². The van der Waals surface area contributed by atoms with Crippen LogP contribution in [0.1, 0.15) is 27.0 Å². The van der Waals surface area contributed by atoms with Gasteiger partial charge < -0.3 is 0 Å². The third-order valence-electron chi connectivity index (χ3n) is 3.37. The minimum absolute atomic E-state index is 0.0809. The van der Waals surface area contributed by atoms with Crippen molar-refractivity contribution in [3.63, 3.8) is 0 Å². The molecule has 80 valence electrons. The normalized spacial score (nSPS) is 14.7. The second-order valence-electron chi connectivity index (χ2n) is 4.33. The molecular formula is C14H8N2O. The summed E-state index contributed by atoms with van der Waals surface area (Å²) in [6, 6.07) is 11.7. The number of fused-ring (bicyclic) bond motifs is 4. The summed E-state index contributed by atoms with van der Waals surface area (Å²) >= 11 is 0. The number of carbonyl (C=O) groups excluding carboxylic acids is 1. The molecule has 17 heavy (non-hydrogen) atoms. The molecule has 0 bridgehead atoms. The van der Waals surface area contributed by atoms with Crippen LogP contribution < -0.4 is 0 Å². The molecule has 0 saturated carbocycles. The first kappa shape index (κ1) is 8.82. The topological polar surface area (TPSA) is 41.8 Å². The summed E-state index contributed by atoms with van der Waals surface area (Å²) in [6.07, 6.45) is 0.806. The van der Waals surface area contributed by atoms with Crippen molar-refractivity contribution in [3.05, 3.63) is 58.7 Å². The quantitative estimate of drug-likeness (QED) is 0.446. The molecule has 3 nitrogen and oxygen atoms in total. The van der Waals surface area contributed by atoms with Crippen LogP contribution in [-0.4, -0.2) is 5.78 Å². The van der Waals surface area contributed by atoms with Gasteiger partial charge in [0.05, 0.1) is 5.56 Å². The molecule has 0 radical (unpaired) electrons. The van der Waals surface area contributed by atoms with E-state index in [1.165, 1.54) is 0 Å². The highest BCUT2D eigenvalue weighted by Gasteiger charge is 2.29. The Balaban J connectivity index is 2.01. The van der Waals surface area contributed by atoms with Crippen LogP contribution in [0, 0.1) is 0 Å². The molecular weight excluding hydrogens is 212 g/mol. The highest BCUT2D eigenvalue weighted by molar-refractivity contribution is 6.16. The van der Waals surface area contributed by atoms with Crippen molar-refractivity contribution >= 4 is 17.2 Å². The van der Waals surface area contributed by atoms with Crippen LogP contribution in [-0.2, 0) is 6.42 Å². The van der Waals surface area contributed by atoms with Gasteiger partial charge in [-0.05, 0) is 23.6 Å². The van der Waals surface area contributed by atoms with E-state index in [0.29, 0.717) is 0 Å². The Labute approximate surface area is 97.8 Å². The van der Waals surface area contributed by atoms with Gasteiger partial charge in [0.1, 0.15) is 11.4 Å². The Morgan fingerprint density at radius 2 is 1.82 bits per heavy atom. The number of carbonyl (C=O) groups is 1. The van der Waals surface area contributed by atoms with Crippen LogP contribution in [0.15, 0.2) is 46.6 Å². The number of benzene rings is 2. The van der Waals surface area contributed by atoms with Crippen molar-refractivity contribution in [3.8, 4) is 0 Å². The predicted octanol–water partition coefficient (Wildman–Crippen LogP) is 3.55. The van der Waals surface area contributed by atoms with Crippen LogP contribution >= 0.6 is 0 Å². The van der Waals surface area contributed by atoms with Gasteiger partial charge in [-0.2, -0.15) is 0 Å². The first-order valence-electron chi connectivity index (χ1n) is 5.55. The van der Waals surface area contributed by atoms with Crippen molar-refractivity contribution in [1.82, 2.24) is 0 Å². The Morgan fingerprint density at radius 1 is 0.941 bits per heavy atom. The van der Waals surface area contributed by atoms with Gasteiger partial charge in [-0.3, -0.25) is 4.79 Å². The maximum atomic E-state index is 12.4. The van der Waals surface area contributed by atoms with Crippen molar-refractivity contribution in [1.29, 1.82) is 0 Å². The number of hydrogen-bond acceptors (Lipinski definition) is 3. The lowest BCUT2D eigenvalue weighted by Gasteiger charge is -2.22. The largest absolute Gasteiger partial charge is 0.289 e. The Bertz CT molecular complexity index is 701. The summed E-state index contributed by atoms with van der Waals surface area (Å²) in [6.45, 7) is 0. The fourth-order valence-corrected chi connectivity index (χ4v) is 2.50. The van der Waals surface area contributed by atoms with E-state index < -0.39 is 0 Å². The van der Waals surface area contributed by atoms with Gasteiger partial charge in [0, 0.05) is 5.56 Å². The standard InChI is InChI=1S/C14H8N2O/c17-14-10-4-2-1-3-8(10)7-9-5-6-11-13(12(9)14)16-15-11/h1-6H,7H2. The molecule has 4 rings (SSSR count). The summed E-state index contributed by atoms with van der Waals surface area (Å²) in [5.74, 6) is 0.0809. The van der Waals surface area contributed by atoms with E-state index >= 15 is 0 Å². The summed E-state index contributed by atoms with van der Waals surface area (Å²) in [7, 11) is 0. The van der Waals surface area contributed by atoms with Crippen LogP contribution in [0.25, 0.3) is 0 Å². The molecule has 1 heterocycles. The zero-order valence-electron chi connectivity index (χ0n) is 8.97. The molecule has 2 aromatic rings. The van der Waals surface area contributed by atoms with Crippen LogP contribution in [0.4, 0.5) is 11.4 Å². The maximum Gasteiger partial charge on any atom is 0.195 e. The van der Waals surface area contributed by atoms with Gasteiger partial charge in [-0.15, -0.1) is 10.2 Å². The van der Waals surface area contributed by atoms with E-state index in [9.17, 15) is 4.79 Å². The number of nitrogens with zero attached hydrogens (tertiary/aromatic N) is 2. The van der Waals surface area contributed by atoms with Gasteiger partial charge in [0.15, 0.2) is 5.78 Å². The summed E-state index contributed by atoms with van der Waals surface area (Å²) in [5.41, 5.74) is 5.30. The lowest BCUT2D eigenvalue weighted by atomic mass is 9.83. The molecule has 0 fully saturated rings. The van der Waals surface area contributed by atoms with Crippen molar-refractivity contribution in [2.45, 2.75) is 6.42 Å². The minimum atomic E-state index is 0.0809. The molecule has 1 aliphatic carbocycles. The van der Waals surface area contributed by atoms with E-state index in [4.69, 9.17) is 0 Å². The molecule has 0 N–H and O–H groups in total. The second-order valence-corrected chi connectivity index (χ2v) is 4.33. The lowest BCUT2D eigenvalue weighted by Crippen LogP contribution is -2.15. The van der Waals surface area contributed by atoms with E-state index in [1.54, 1.807) is 0 Å². The number of hydrogen-bond donors (Lipinski definition) is 0. The molecule has 0 amide bonds. The monoisotopic (exact) mass is 220 g/mol. The number of rotatable bonds is 0. The Hall–Kier alpha value is -2.29. The molecule has 0 atom stereocenters. The zero-order valence-corrected chi connectivity index (χ0v) is 8.97. The van der Waals surface area contributed by atoms with E-state index in [0.717, 1.165) is 40.0 Å². The van der Waals surface area contributed by atoms with Crippen LogP contribution in [0.5, 0.6) is 0 Å². The molecule has 1 aliphatic heterocycles. The summed E-state index contributed by atoms with van der Waals surface area (Å²) < 4.78 is 0. The molecule has 2 aromatic carbocycles. The number of azo groups is 1. The maximum absolute atomic E-state index is 12.4. The van der Waals surface area contributed by atoms with Crippen molar-refractivity contribution < 1.29 is 4.79 Å². The molecule has 0 aromatic heterocycles. The second kappa shape index (κ2) is 2.88. The average Bonchev–Trinajstić information content (AvgIpc) is 2.31. The van der Waals surface area contributed by atoms with Gasteiger partial charge >= 0.3 is 0 Å². The smallest absolute Gasteiger partial charge is 0.195 e. The Morgan fingerprint density at radius 3 is 2.65 bits per heavy atom. The average molecular weight is 220 g/mol. The molecule has 2 aliphatic rings. The van der Waals surface area contributed by atoms with Gasteiger partial charge in [0.25, 0.3) is 0 Å². The van der Waals surface area contributed by atoms with Crippen LogP contribution in [0.2, 0.25) is 0 Å². The molecule has 0 saturated heterocycles. The SMILES string of the molecule is O=C1c2ccccc2Cc2ccc3c(c21)N=N3. The minimum Gasteiger partial charge on any atom is -0.289 e. The highest BCUT2D eigenvalue weighted by atomic mass is 16.1. The fourth-order valence-electron chi connectivity index (χ4n) is 2.50. The molecule has 0 unspecified atom stereocenters. The van der Waals surface area contributed by atoms with E-state index in [1.807, 2.05) is 36.4 Å². The molecule has 0 spiro atoms. The zero-order chi connectivity index (χ0) is 11.4. The van der Waals surface area contributed by atoms with Crippen molar-refractivity contribution in [2.75, 3.05) is 0 Å². The third kappa shape index (κ3) is 1.03. The van der Waals surface area contributed by atoms with Crippen LogP contribution in [0.3, 0.4) is 0 Å². The van der Waals surface area contributed by atoms with Gasteiger partial charge in [0.2, 0.25) is 0 Å². The Kier molecular flexibility index (Phi) is 1.50. The number of ketones is 1.